The van der Waals surface area contributed by atoms with Crippen molar-refractivity contribution in [2.45, 2.75) is 11.3 Å². The van der Waals surface area contributed by atoms with Gasteiger partial charge < -0.3 is 5.32 Å². The monoisotopic (exact) mass is 422 g/mol. The van der Waals surface area contributed by atoms with Crippen LogP contribution in [0.25, 0.3) is 0 Å². The van der Waals surface area contributed by atoms with Crippen molar-refractivity contribution in [3.05, 3.63) is 48.7 Å². The summed E-state index contributed by atoms with van der Waals surface area (Å²) in [6.45, 7) is 0.851. The van der Waals surface area contributed by atoms with Gasteiger partial charge in [-0.15, -0.1) is 0 Å². The molecule has 142 valence electrons. The summed E-state index contributed by atoms with van der Waals surface area (Å²) in [5, 5.41) is 2.77. The first-order valence-corrected chi connectivity index (χ1v) is 11.6. The van der Waals surface area contributed by atoms with E-state index in [1.165, 1.54) is 18.3 Å². The number of thioether (sulfide) groups is 2. The molecule has 3 rings (SSSR count). The van der Waals surface area contributed by atoms with Gasteiger partial charge in [0.2, 0.25) is 5.91 Å². The molecule has 0 saturated heterocycles. The summed E-state index contributed by atoms with van der Waals surface area (Å²) in [7, 11) is -3.73. The van der Waals surface area contributed by atoms with Gasteiger partial charge in [-0.05, 0) is 36.4 Å². The molecule has 2 heterocycles. The Bertz CT molecular complexity index is 916. The van der Waals surface area contributed by atoms with Crippen LogP contribution in [0.3, 0.4) is 0 Å². The predicted molar refractivity (Wildman–Crippen MR) is 112 cm³/mol. The number of pyridine rings is 1. The number of anilines is 2. The Kier molecular flexibility index (Phi) is 6.75. The maximum absolute atomic E-state index is 12.3. The number of aliphatic imine (C=N–C) groups is 1. The molecule has 0 radical (unpaired) electrons. The van der Waals surface area contributed by atoms with Crippen molar-refractivity contribution in [2.24, 2.45) is 4.99 Å². The first kappa shape index (κ1) is 19.7. The molecule has 1 amide bonds. The molecule has 0 fully saturated rings. The molecule has 0 saturated carbocycles. The summed E-state index contributed by atoms with van der Waals surface area (Å²) < 4.78 is 28.1. The van der Waals surface area contributed by atoms with Gasteiger partial charge in [-0.3, -0.25) is 14.5 Å². The maximum atomic E-state index is 12.3. The maximum Gasteiger partial charge on any atom is 0.263 e. The minimum atomic E-state index is -3.73. The van der Waals surface area contributed by atoms with Crippen LogP contribution in [0.2, 0.25) is 0 Å². The van der Waals surface area contributed by atoms with Crippen LogP contribution in [0.15, 0.2) is 58.5 Å². The highest BCUT2D eigenvalue weighted by molar-refractivity contribution is 8.39. The molecule has 0 aliphatic carbocycles. The number of carbonyl (C=O) groups excluding carboxylic acids is 1. The Morgan fingerprint density at radius 3 is 2.67 bits per heavy atom. The van der Waals surface area contributed by atoms with E-state index < -0.39 is 10.0 Å². The number of benzene rings is 1. The minimum Gasteiger partial charge on any atom is -0.326 e. The summed E-state index contributed by atoms with van der Waals surface area (Å²) in [5.41, 5.74) is 0.550. The lowest BCUT2D eigenvalue weighted by Crippen LogP contribution is -2.15. The van der Waals surface area contributed by atoms with Crippen LogP contribution in [-0.2, 0) is 14.8 Å². The highest BCUT2D eigenvalue weighted by atomic mass is 32.2. The predicted octanol–water partition coefficient (Wildman–Crippen LogP) is 3.05. The highest BCUT2D eigenvalue weighted by Crippen LogP contribution is 2.23. The highest BCUT2D eigenvalue weighted by Gasteiger charge is 2.15. The zero-order valence-electron chi connectivity index (χ0n) is 14.3. The van der Waals surface area contributed by atoms with Crippen molar-refractivity contribution in [1.82, 2.24) is 4.98 Å². The number of aromatic nitrogens is 1. The van der Waals surface area contributed by atoms with Gasteiger partial charge in [-0.2, -0.15) is 0 Å². The van der Waals surface area contributed by atoms with E-state index in [1.807, 2.05) is 0 Å². The number of amides is 1. The van der Waals surface area contributed by atoms with E-state index in [2.05, 4.69) is 20.0 Å². The fourth-order valence-corrected chi connectivity index (χ4v) is 5.22. The van der Waals surface area contributed by atoms with Gasteiger partial charge in [0.05, 0.1) is 11.4 Å². The van der Waals surface area contributed by atoms with Crippen LogP contribution >= 0.6 is 23.5 Å². The largest absolute Gasteiger partial charge is 0.326 e. The number of sulfonamides is 1. The molecule has 0 spiro atoms. The third-order valence-electron chi connectivity index (χ3n) is 3.46. The molecule has 1 aliphatic rings. The molecule has 10 heteroatoms. The molecule has 0 bridgehead atoms. The smallest absolute Gasteiger partial charge is 0.263 e. The third-order valence-corrected chi connectivity index (χ3v) is 7.09. The zero-order chi connectivity index (χ0) is 19.1. The Labute approximate surface area is 166 Å². The van der Waals surface area contributed by atoms with Crippen LogP contribution in [0, 0.1) is 0 Å². The fourth-order valence-electron chi connectivity index (χ4n) is 2.19. The molecule has 7 nitrogen and oxygen atoms in total. The second-order valence-electron chi connectivity index (χ2n) is 5.49. The lowest BCUT2D eigenvalue weighted by atomic mass is 10.3. The number of hydrogen-bond donors (Lipinski definition) is 2. The number of nitrogens with one attached hydrogen (secondary N) is 2. The lowest BCUT2D eigenvalue weighted by Gasteiger charge is -2.09. The molecule has 27 heavy (non-hydrogen) atoms. The second-order valence-corrected chi connectivity index (χ2v) is 9.60. The topological polar surface area (TPSA) is 101 Å². The van der Waals surface area contributed by atoms with Crippen molar-refractivity contribution in [3.63, 3.8) is 0 Å². The van der Waals surface area contributed by atoms with Gasteiger partial charge in [0, 0.05) is 29.8 Å². The molecule has 1 aliphatic heterocycles. The number of rotatable bonds is 7. The van der Waals surface area contributed by atoms with Gasteiger partial charge in [0.25, 0.3) is 10.0 Å². The molecule has 2 aromatic rings. The van der Waals surface area contributed by atoms with E-state index in [9.17, 15) is 13.2 Å². The van der Waals surface area contributed by atoms with Crippen LogP contribution in [0.4, 0.5) is 11.5 Å². The van der Waals surface area contributed by atoms with Gasteiger partial charge in [-0.25, -0.2) is 13.4 Å². The number of nitrogens with zero attached hydrogens (tertiary/aromatic N) is 2. The Morgan fingerprint density at radius 1 is 1.19 bits per heavy atom. The lowest BCUT2D eigenvalue weighted by molar-refractivity contribution is -0.115. The molecular weight excluding hydrogens is 404 g/mol. The van der Waals surface area contributed by atoms with Crippen molar-refractivity contribution >= 4 is 55.3 Å². The summed E-state index contributed by atoms with van der Waals surface area (Å²) in [4.78, 5) is 20.4. The third kappa shape index (κ3) is 5.98. The van der Waals surface area contributed by atoms with Crippen LogP contribution in [0.1, 0.15) is 6.42 Å². The van der Waals surface area contributed by atoms with E-state index in [0.717, 1.165) is 16.7 Å². The zero-order valence-corrected chi connectivity index (χ0v) is 16.7. The van der Waals surface area contributed by atoms with Gasteiger partial charge >= 0.3 is 0 Å². The molecule has 0 unspecified atom stereocenters. The van der Waals surface area contributed by atoms with E-state index in [4.69, 9.17) is 0 Å². The van der Waals surface area contributed by atoms with E-state index in [1.54, 1.807) is 53.9 Å². The summed E-state index contributed by atoms with van der Waals surface area (Å²) >= 11 is 3.30. The SMILES string of the molecule is O=C(CCSC1=NCCS1)Nc1ccc(S(=O)(=O)Nc2ccccn2)cc1. The normalized spacial score (nSPS) is 13.9. The summed E-state index contributed by atoms with van der Waals surface area (Å²) in [6, 6.07) is 11.0. The standard InChI is InChI=1S/C17H18N4O3S3/c22-16(8-11-25-17-19-10-12-26-17)20-13-4-6-14(7-5-13)27(23,24)21-15-3-1-2-9-18-15/h1-7,9H,8,10-12H2,(H,18,21)(H,20,22). The Morgan fingerprint density at radius 2 is 2.00 bits per heavy atom. The Balaban J connectivity index is 1.52. The molecule has 2 N–H and O–H groups in total. The first-order chi connectivity index (χ1) is 13.0. The van der Waals surface area contributed by atoms with Crippen molar-refractivity contribution in [2.75, 3.05) is 28.1 Å². The minimum absolute atomic E-state index is 0.0953. The first-order valence-electron chi connectivity index (χ1n) is 8.17. The quantitative estimate of drug-likeness (QED) is 0.711. The average Bonchev–Trinajstić information content (AvgIpc) is 3.16. The van der Waals surface area contributed by atoms with E-state index >= 15 is 0 Å². The van der Waals surface area contributed by atoms with Crippen LogP contribution < -0.4 is 10.0 Å². The fraction of sp³-hybridized carbons (Fsp3) is 0.235. The average molecular weight is 423 g/mol. The molecular formula is C17H18N4O3S3. The van der Waals surface area contributed by atoms with Gasteiger partial charge in [0.15, 0.2) is 0 Å². The van der Waals surface area contributed by atoms with Crippen LogP contribution in [-0.4, -0.2) is 41.7 Å². The van der Waals surface area contributed by atoms with Crippen molar-refractivity contribution < 1.29 is 13.2 Å². The second kappa shape index (κ2) is 9.25. The summed E-state index contributed by atoms with van der Waals surface area (Å²) in [6.07, 6.45) is 1.87. The molecule has 1 aromatic heterocycles. The number of hydrogen-bond acceptors (Lipinski definition) is 7. The summed E-state index contributed by atoms with van der Waals surface area (Å²) in [5.74, 6) is 1.81. The molecule has 1 aromatic carbocycles. The van der Waals surface area contributed by atoms with E-state index in [0.29, 0.717) is 17.9 Å². The van der Waals surface area contributed by atoms with Crippen molar-refractivity contribution in [3.8, 4) is 0 Å². The Hall–Kier alpha value is -2.04. The van der Waals surface area contributed by atoms with E-state index in [-0.39, 0.29) is 16.6 Å². The van der Waals surface area contributed by atoms with Crippen molar-refractivity contribution in [1.29, 1.82) is 0 Å². The molecule has 0 atom stereocenters. The number of carbonyl (C=O) groups is 1. The van der Waals surface area contributed by atoms with Gasteiger partial charge in [-0.1, -0.05) is 29.6 Å². The van der Waals surface area contributed by atoms with Crippen LogP contribution in [0.5, 0.6) is 0 Å². The van der Waals surface area contributed by atoms with Gasteiger partial charge in [0.1, 0.15) is 10.2 Å².